The Morgan fingerprint density at radius 2 is 1.75 bits per heavy atom. The van der Waals surface area contributed by atoms with Crippen molar-refractivity contribution in [3.8, 4) is 23.0 Å². The summed E-state index contributed by atoms with van der Waals surface area (Å²) in [5.41, 5.74) is 0.793. The summed E-state index contributed by atoms with van der Waals surface area (Å²) in [5.74, 6) is 1.09. The molecule has 0 unspecified atom stereocenters. The molecule has 0 radical (unpaired) electrons. The van der Waals surface area contributed by atoms with E-state index in [9.17, 15) is 13.2 Å². The van der Waals surface area contributed by atoms with Crippen molar-refractivity contribution in [1.29, 1.82) is 0 Å². The maximum atomic E-state index is 13.5. The molecule has 1 atom stereocenters. The highest BCUT2D eigenvalue weighted by Gasteiger charge is 2.36. The van der Waals surface area contributed by atoms with Gasteiger partial charge in [0.05, 0.1) is 33.9 Å². The van der Waals surface area contributed by atoms with Gasteiger partial charge in [-0.25, -0.2) is 8.42 Å². The highest BCUT2D eigenvalue weighted by atomic mass is 35.5. The molecule has 1 fully saturated rings. The van der Waals surface area contributed by atoms with Crippen LogP contribution in [0.2, 0.25) is 5.02 Å². The summed E-state index contributed by atoms with van der Waals surface area (Å²) in [6, 6.07) is 8.11. The third-order valence-electron chi connectivity index (χ3n) is 6.08. The fourth-order valence-electron chi connectivity index (χ4n) is 4.35. The number of hydrogen-bond donors (Lipinski definition) is 0. The lowest BCUT2D eigenvalue weighted by molar-refractivity contribution is -0.135. The predicted molar refractivity (Wildman–Crippen MR) is 137 cm³/mol. The summed E-state index contributed by atoms with van der Waals surface area (Å²) in [6.07, 6.45) is 1.16. The van der Waals surface area contributed by atoms with Crippen molar-refractivity contribution >= 4 is 27.5 Å². The van der Waals surface area contributed by atoms with Gasteiger partial charge in [0, 0.05) is 31.7 Å². The minimum Gasteiger partial charge on any atom is -0.493 e. The van der Waals surface area contributed by atoms with Crippen molar-refractivity contribution in [2.45, 2.75) is 31.2 Å². The summed E-state index contributed by atoms with van der Waals surface area (Å²) in [4.78, 5) is 14.9. The molecule has 0 aromatic heterocycles. The quantitative estimate of drug-likeness (QED) is 0.452. The number of methoxy groups -OCH3 is 3. The third-order valence-corrected chi connectivity index (χ3v) is 8.20. The van der Waals surface area contributed by atoms with Gasteiger partial charge in [-0.05, 0) is 55.7 Å². The van der Waals surface area contributed by atoms with Crippen LogP contribution < -0.4 is 18.9 Å². The van der Waals surface area contributed by atoms with Gasteiger partial charge in [0.25, 0.3) is 0 Å². The Morgan fingerprint density at radius 3 is 2.33 bits per heavy atom. The summed E-state index contributed by atoms with van der Waals surface area (Å²) in [5, 5.41) is 0.298. The van der Waals surface area contributed by atoms with Crippen LogP contribution in [-0.2, 0) is 21.4 Å². The van der Waals surface area contributed by atoms with Crippen molar-refractivity contribution in [2.24, 2.45) is 5.92 Å². The molecule has 1 amide bonds. The van der Waals surface area contributed by atoms with E-state index in [2.05, 4.69) is 0 Å². The Labute approximate surface area is 217 Å². The van der Waals surface area contributed by atoms with Gasteiger partial charge in [0.15, 0.2) is 11.5 Å². The smallest absolute Gasteiger partial charge is 0.246 e. The monoisotopic (exact) mass is 540 g/mol. The van der Waals surface area contributed by atoms with Crippen LogP contribution in [0.4, 0.5) is 0 Å². The number of carbonyl (C=O) groups excluding carboxylic acids is 1. The molecule has 0 bridgehead atoms. The number of halogens is 1. The average Bonchev–Trinajstić information content (AvgIpc) is 2.88. The van der Waals surface area contributed by atoms with E-state index in [0.29, 0.717) is 54.8 Å². The van der Waals surface area contributed by atoms with Crippen LogP contribution in [0, 0.1) is 5.92 Å². The second-order valence-corrected chi connectivity index (χ2v) is 10.8. The van der Waals surface area contributed by atoms with E-state index in [1.54, 1.807) is 43.1 Å². The van der Waals surface area contributed by atoms with Crippen LogP contribution in [0.15, 0.2) is 35.2 Å². The highest BCUT2D eigenvalue weighted by molar-refractivity contribution is 7.89. The van der Waals surface area contributed by atoms with E-state index in [-0.39, 0.29) is 23.1 Å². The van der Waals surface area contributed by atoms with E-state index >= 15 is 0 Å². The first-order valence-corrected chi connectivity index (χ1v) is 13.4. The zero-order valence-electron chi connectivity index (χ0n) is 21.2. The standard InChI is InChI=1S/C25H33ClN2O7S/c1-6-35-20-10-9-19(26)14-23(20)36(30,31)28-11-7-8-18(16-28)25(29)27(2)15-17-12-21(32-3)24(34-5)22(13-17)33-4/h9-10,12-14,18H,6-8,11,15-16H2,1-5H3/t18-/m1/s1. The molecule has 1 heterocycles. The zero-order chi connectivity index (χ0) is 26.5. The van der Waals surface area contributed by atoms with E-state index in [1.165, 1.54) is 31.7 Å². The first-order chi connectivity index (χ1) is 17.2. The second kappa shape index (κ2) is 12.0. The summed E-state index contributed by atoms with van der Waals surface area (Å²) < 4.78 is 50.0. The maximum Gasteiger partial charge on any atom is 0.246 e. The third kappa shape index (κ3) is 5.99. The van der Waals surface area contributed by atoms with E-state index in [4.69, 9.17) is 30.5 Å². The summed E-state index contributed by atoms with van der Waals surface area (Å²) >= 11 is 6.10. The number of rotatable bonds is 10. The van der Waals surface area contributed by atoms with Gasteiger partial charge >= 0.3 is 0 Å². The lowest BCUT2D eigenvalue weighted by atomic mass is 9.98. The minimum absolute atomic E-state index is 0.00993. The van der Waals surface area contributed by atoms with E-state index in [1.807, 2.05) is 0 Å². The van der Waals surface area contributed by atoms with Gasteiger partial charge in [-0.3, -0.25) is 4.79 Å². The van der Waals surface area contributed by atoms with Gasteiger partial charge < -0.3 is 23.8 Å². The topological polar surface area (TPSA) is 94.6 Å². The Balaban J connectivity index is 1.78. The average molecular weight is 541 g/mol. The molecule has 36 heavy (non-hydrogen) atoms. The number of ether oxygens (including phenoxy) is 4. The fraction of sp³-hybridized carbons (Fsp3) is 0.480. The van der Waals surface area contributed by atoms with Crippen molar-refractivity contribution in [3.63, 3.8) is 0 Å². The number of amides is 1. The Hall–Kier alpha value is -2.69. The molecule has 1 aliphatic heterocycles. The fourth-order valence-corrected chi connectivity index (χ4v) is 6.27. The molecule has 1 saturated heterocycles. The predicted octanol–water partition coefficient (Wildman–Crippen LogP) is 3.82. The molecular weight excluding hydrogens is 508 g/mol. The van der Waals surface area contributed by atoms with Crippen molar-refractivity contribution < 1.29 is 32.2 Å². The molecular formula is C25H33ClN2O7S. The van der Waals surface area contributed by atoms with Crippen LogP contribution in [-0.4, -0.2) is 71.6 Å². The molecule has 3 rings (SSSR count). The number of piperidine rings is 1. The SMILES string of the molecule is CCOc1ccc(Cl)cc1S(=O)(=O)N1CCC[C@@H](C(=O)N(C)Cc2cc(OC)c(OC)c(OC)c2)C1. The van der Waals surface area contributed by atoms with Crippen LogP contribution in [0.25, 0.3) is 0 Å². The molecule has 2 aromatic carbocycles. The molecule has 2 aromatic rings. The molecule has 0 aliphatic carbocycles. The Morgan fingerprint density at radius 1 is 1.08 bits per heavy atom. The first kappa shape index (κ1) is 27.9. The zero-order valence-corrected chi connectivity index (χ0v) is 22.8. The van der Waals surface area contributed by atoms with Crippen molar-refractivity contribution in [3.05, 3.63) is 40.9 Å². The first-order valence-electron chi connectivity index (χ1n) is 11.6. The molecule has 0 saturated carbocycles. The molecule has 9 nitrogen and oxygen atoms in total. The normalized spacial score (nSPS) is 16.3. The Bertz CT molecular complexity index is 1160. The summed E-state index contributed by atoms with van der Waals surface area (Å²) in [7, 11) is 2.38. The number of carbonyl (C=O) groups is 1. The molecule has 11 heteroatoms. The number of nitrogens with zero attached hydrogens (tertiary/aromatic N) is 2. The highest BCUT2D eigenvalue weighted by Crippen LogP contribution is 2.38. The van der Waals surface area contributed by atoms with Crippen LogP contribution in [0.5, 0.6) is 23.0 Å². The van der Waals surface area contributed by atoms with Gasteiger partial charge in [-0.15, -0.1) is 0 Å². The maximum absolute atomic E-state index is 13.5. The van der Waals surface area contributed by atoms with E-state index < -0.39 is 15.9 Å². The van der Waals surface area contributed by atoms with Gasteiger partial charge in [0.1, 0.15) is 10.6 Å². The van der Waals surface area contributed by atoms with Crippen LogP contribution in [0.1, 0.15) is 25.3 Å². The lowest BCUT2D eigenvalue weighted by Gasteiger charge is -2.33. The minimum atomic E-state index is -3.91. The van der Waals surface area contributed by atoms with Gasteiger partial charge in [0.2, 0.25) is 21.7 Å². The number of sulfonamides is 1. The summed E-state index contributed by atoms with van der Waals surface area (Å²) in [6.45, 7) is 2.79. The lowest BCUT2D eigenvalue weighted by Crippen LogP contribution is -2.45. The Kier molecular flexibility index (Phi) is 9.32. The van der Waals surface area contributed by atoms with Crippen molar-refractivity contribution in [2.75, 3.05) is 48.1 Å². The second-order valence-electron chi connectivity index (χ2n) is 8.45. The largest absolute Gasteiger partial charge is 0.493 e. The van der Waals surface area contributed by atoms with Gasteiger partial charge in [-0.2, -0.15) is 4.31 Å². The van der Waals surface area contributed by atoms with Crippen LogP contribution in [0.3, 0.4) is 0 Å². The number of benzene rings is 2. The van der Waals surface area contributed by atoms with Gasteiger partial charge in [-0.1, -0.05) is 11.6 Å². The molecule has 0 spiro atoms. The molecule has 1 aliphatic rings. The number of hydrogen-bond acceptors (Lipinski definition) is 7. The van der Waals surface area contributed by atoms with Crippen LogP contribution >= 0.6 is 11.6 Å². The molecule has 0 N–H and O–H groups in total. The van der Waals surface area contributed by atoms with Crippen molar-refractivity contribution in [1.82, 2.24) is 9.21 Å². The van der Waals surface area contributed by atoms with E-state index in [0.717, 1.165) is 5.56 Å². The molecule has 198 valence electrons.